The van der Waals surface area contributed by atoms with Crippen LogP contribution in [0.25, 0.3) is 0 Å². The SMILES string of the molecule is CSCC[C@H](NC=O)C(=O)N[C@@H](CC(C)C)C(=O)N[C@@H](Cc1ccccc1)C(=O)N[C@@H](CCCCNC(=O)OCc1ccccc1)C(=O)OC(C)(C)C. The molecular formula is C39H57N5O8S. The van der Waals surface area contributed by atoms with Gasteiger partial charge in [0.25, 0.3) is 0 Å². The molecule has 5 N–H and O–H groups in total. The van der Waals surface area contributed by atoms with E-state index in [1.807, 2.05) is 80.8 Å². The second kappa shape index (κ2) is 23.9. The van der Waals surface area contributed by atoms with Crippen molar-refractivity contribution in [3.8, 4) is 0 Å². The summed E-state index contributed by atoms with van der Waals surface area (Å²) in [5.74, 6) is -1.68. The molecule has 14 heteroatoms. The van der Waals surface area contributed by atoms with Crippen molar-refractivity contribution in [1.82, 2.24) is 26.6 Å². The van der Waals surface area contributed by atoms with E-state index in [0.717, 1.165) is 11.1 Å². The second-order valence-electron chi connectivity index (χ2n) is 14.1. The molecule has 0 radical (unpaired) electrons. The Balaban J connectivity index is 2.17. The lowest BCUT2D eigenvalue weighted by Crippen LogP contribution is -2.58. The van der Waals surface area contributed by atoms with Gasteiger partial charge in [-0.2, -0.15) is 11.8 Å². The van der Waals surface area contributed by atoms with Crippen LogP contribution in [-0.4, -0.2) is 84.5 Å². The zero-order valence-electron chi connectivity index (χ0n) is 31.8. The molecule has 0 spiro atoms. The minimum Gasteiger partial charge on any atom is -0.458 e. The molecule has 13 nitrogen and oxygen atoms in total. The zero-order valence-corrected chi connectivity index (χ0v) is 32.6. The van der Waals surface area contributed by atoms with E-state index >= 15 is 0 Å². The first kappa shape index (κ1) is 44.6. The number of amides is 5. The number of thioether (sulfide) groups is 1. The lowest BCUT2D eigenvalue weighted by Gasteiger charge is -2.28. The van der Waals surface area contributed by atoms with E-state index < -0.39 is 59.6 Å². The lowest BCUT2D eigenvalue weighted by molar-refractivity contribution is -0.159. The van der Waals surface area contributed by atoms with Crippen LogP contribution in [0.15, 0.2) is 60.7 Å². The summed E-state index contributed by atoms with van der Waals surface area (Å²) >= 11 is 1.53. The molecule has 0 fully saturated rings. The average molecular weight is 756 g/mol. The van der Waals surface area contributed by atoms with Crippen LogP contribution in [-0.2, 0) is 46.5 Å². The molecule has 0 aliphatic rings. The van der Waals surface area contributed by atoms with E-state index in [0.29, 0.717) is 38.0 Å². The molecule has 2 aromatic carbocycles. The van der Waals surface area contributed by atoms with Crippen molar-refractivity contribution < 1.29 is 38.2 Å². The Kier molecular flexibility index (Phi) is 20.1. The quantitative estimate of drug-likeness (QED) is 0.0636. The van der Waals surface area contributed by atoms with Crippen molar-refractivity contribution >= 4 is 48.0 Å². The fraction of sp³-hybridized carbons (Fsp3) is 0.538. The Hall–Kier alpha value is -4.59. The van der Waals surface area contributed by atoms with E-state index in [-0.39, 0.29) is 31.8 Å². The predicted molar refractivity (Wildman–Crippen MR) is 206 cm³/mol. The summed E-state index contributed by atoms with van der Waals surface area (Å²) in [6, 6.07) is 14.5. The standard InChI is InChI=1S/C39H57N5O8S/c1-27(2)23-32(43-34(46)30(41-26-45)20-22-53-6)35(47)44-33(24-28-15-9-7-10-16-28)36(48)42-31(37(49)52-39(3,4)5)19-13-14-21-40-38(50)51-25-29-17-11-8-12-18-29/h7-12,15-18,26-27,30-33H,13-14,19-25H2,1-6H3,(H,40,50)(H,41,45)(H,42,48)(H,43,46)(H,44,47)/t30-,31-,32-,33-/m0/s1. The molecule has 292 valence electrons. The van der Waals surface area contributed by atoms with E-state index in [4.69, 9.17) is 9.47 Å². The molecule has 2 aromatic rings. The van der Waals surface area contributed by atoms with Gasteiger partial charge in [0.05, 0.1) is 0 Å². The van der Waals surface area contributed by atoms with Gasteiger partial charge in [0, 0.05) is 13.0 Å². The maximum atomic E-state index is 14.0. The molecule has 2 rings (SSSR count). The number of ether oxygens (including phenoxy) is 2. The maximum Gasteiger partial charge on any atom is 0.407 e. The van der Waals surface area contributed by atoms with Crippen molar-refractivity contribution in [2.45, 2.75) is 110 Å². The van der Waals surface area contributed by atoms with Crippen molar-refractivity contribution in [2.75, 3.05) is 18.6 Å². The predicted octanol–water partition coefficient (Wildman–Crippen LogP) is 4.04. The summed E-state index contributed by atoms with van der Waals surface area (Å²) in [5, 5.41) is 13.6. The third-order valence-corrected chi connectivity index (χ3v) is 8.51. The van der Waals surface area contributed by atoms with Gasteiger partial charge in [0.2, 0.25) is 24.1 Å². The number of benzene rings is 2. The number of rotatable bonds is 23. The highest BCUT2D eigenvalue weighted by atomic mass is 32.2. The minimum atomic E-state index is -1.11. The Morgan fingerprint density at radius 1 is 0.755 bits per heavy atom. The van der Waals surface area contributed by atoms with E-state index in [1.165, 1.54) is 11.8 Å². The van der Waals surface area contributed by atoms with Gasteiger partial charge < -0.3 is 36.1 Å². The third-order valence-electron chi connectivity index (χ3n) is 7.86. The van der Waals surface area contributed by atoms with Crippen LogP contribution >= 0.6 is 11.8 Å². The number of esters is 1. The maximum absolute atomic E-state index is 14.0. The highest BCUT2D eigenvalue weighted by molar-refractivity contribution is 7.98. The van der Waals surface area contributed by atoms with Gasteiger partial charge in [-0.15, -0.1) is 0 Å². The van der Waals surface area contributed by atoms with Crippen molar-refractivity contribution in [2.24, 2.45) is 5.92 Å². The topological polar surface area (TPSA) is 181 Å². The van der Waals surface area contributed by atoms with Crippen molar-refractivity contribution in [3.05, 3.63) is 71.8 Å². The fourth-order valence-corrected chi connectivity index (χ4v) is 5.72. The number of alkyl carbamates (subject to hydrolysis) is 1. The Morgan fingerprint density at radius 2 is 1.32 bits per heavy atom. The van der Waals surface area contributed by atoms with Crippen molar-refractivity contribution in [1.29, 1.82) is 0 Å². The third kappa shape index (κ3) is 18.6. The number of carbonyl (C=O) groups is 6. The van der Waals surface area contributed by atoms with Crippen LogP contribution in [0.5, 0.6) is 0 Å². The zero-order chi connectivity index (χ0) is 39.2. The van der Waals surface area contributed by atoms with Gasteiger partial charge in [-0.3, -0.25) is 19.2 Å². The first-order valence-electron chi connectivity index (χ1n) is 18.0. The first-order chi connectivity index (χ1) is 25.2. The van der Waals surface area contributed by atoms with Crippen LogP contribution in [0.1, 0.15) is 77.8 Å². The Bertz CT molecular complexity index is 1440. The lowest BCUT2D eigenvalue weighted by atomic mass is 10.00. The van der Waals surface area contributed by atoms with Gasteiger partial charge in [0.1, 0.15) is 36.4 Å². The highest BCUT2D eigenvalue weighted by Gasteiger charge is 2.32. The monoisotopic (exact) mass is 755 g/mol. The fourth-order valence-electron chi connectivity index (χ4n) is 5.25. The molecule has 0 bridgehead atoms. The highest BCUT2D eigenvalue weighted by Crippen LogP contribution is 2.14. The molecule has 0 saturated carbocycles. The number of carbonyl (C=O) groups excluding carboxylic acids is 6. The molecule has 53 heavy (non-hydrogen) atoms. The molecule has 4 atom stereocenters. The molecule has 0 unspecified atom stereocenters. The van der Waals surface area contributed by atoms with Crippen molar-refractivity contribution in [3.63, 3.8) is 0 Å². The number of hydrogen-bond donors (Lipinski definition) is 5. The smallest absolute Gasteiger partial charge is 0.407 e. The largest absolute Gasteiger partial charge is 0.458 e. The summed E-state index contributed by atoms with van der Waals surface area (Å²) < 4.78 is 10.9. The van der Waals surface area contributed by atoms with Crippen LogP contribution in [0, 0.1) is 5.92 Å². The second-order valence-corrected chi connectivity index (χ2v) is 15.1. The van der Waals surface area contributed by atoms with Crippen LogP contribution < -0.4 is 26.6 Å². The molecule has 0 heterocycles. The van der Waals surface area contributed by atoms with Gasteiger partial charge in [0.15, 0.2) is 0 Å². The number of hydrogen-bond acceptors (Lipinski definition) is 9. The molecule has 5 amide bonds. The molecule has 0 saturated heterocycles. The minimum absolute atomic E-state index is 0.00730. The Labute approximate surface area is 317 Å². The van der Waals surface area contributed by atoms with E-state index in [9.17, 15) is 28.8 Å². The summed E-state index contributed by atoms with van der Waals surface area (Å²) in [7, 11) is 0. The average Bonchev–Trinajstić information content (AvgIpc) is 3.11. The molecular weight excluding hydrogens is 699 g/mol. The summed E-state index contributed by atoms with van der Waals surface area (Å²) in [5.41, 5.74) is 0.808. The summed E-state index contributed by atoms with van der Waals surface area (Å²) in [4.78, 5) is 77.7. The normalized spacial score (nSPS) is 13.4. The molecule has 0 aliphatic heterocycles. The van der Waals surface area contributed by atoms with Crippen LogP contribution in [0.2, 0.25) is 0 Å². The Morgan fingerprint density at radius 3 is 1.91 bits per heavy atom. The van der Waals surface area contributed by atoms with E-state index in [1.54, 1.807) is 20.8 Å². The van der Waals surface area contributed by atoms with Gasteiger partial charge in [-0.1, -0.05) is 74.5 Å². The molecule has 0 aromatic heterocycles. The van der Waals surface area contributed by atoms with E-state index in [2.05, 4.69) is 26.6 Å². The van der Waals surface area contributed by atoms with Crippen LogP contribution in [0.4, 0.5) is 4.79 Å². The number of nitrogens with one attached hydrogen (secondary N) is 5. The van der Waals surface area contributed by atoms with Gasteiger partial charge in [-0.25, -0.2) is 9.59 Å². The van der Waals surface area contributed by atoms with Crippen LogP contribution in [0.3, 0.4) is 0 Å². The first-order valence-corrected chi connectivity index (χ1v) is 19.4. The molecule has 0 aliphatic carbocycles. The number of unbranched alkanes of at least 4 members (excludes halogenated alkanes) is 1. The van der Waals surface area contributed by atoms with Gasteiger partial charge in [-0.05, 0) is 81.9 Å². The summed E-state index contributed by atoms with van der Waals surface area (Å²) in [6.45, 7) is 9.43. The van der Waals surface area contributed by atoms with Gasteiger partial charge >= 0.3 is 12.1 Å². The summed E-state index contributed by atoms with van der Waals surface area (Å²) in [6.07, 6.45) is 3.71.